The third kappa shape index (κ3) is 4.05. The van der Waals surface area contributed by atoms with Gasteiger partial charge in [-0.2, -0.15) is 0 Å². The van der Waals surface area contributed by atoms with Crippen LogP contribution in [0, 0.1) is 5.92 Å². The van der Waals surface area contributed by atoms with Crippen molar-refractivity contribution in [1.29, 1.82) is 0 Å². The number of hydrogen-bond donors (Lipinski definition) is 0. The third-order valence-electron chi connectivity index (χ3n) is 5.33. The Balaban J connectivity index is 1.92. The van der Waals surface area contributed by atoms with Gasteiger partial charge in [0.25, 0.3) is 0 Å². The van der Waals surface area contributed by atoms with Crippen LogP contribution in [0.5, 0.6) is 0 Å². The number of likely N-dealkylation sites (N-methyl/N-ethyl adjacent to an activating group) is 1. The lowest BCUT2D eigenvalue weighted by molar-refractivity contribution is -0.127. The molecule has 2 fully saturated rings. The Bertz CT molecular complexity index is 301. The van der Waals surface area contributed by atoms with Crippen molar-refractivity contribution in [2.75, 3.05) is 32.7 Å². The minimum Gasteiger partial charge on any atom is -0.303 e. The van der Waals surface area contributed by atoms with Gasteiger partial charge in [-0.05, 0) is 45.3 Å². The van der Waals surface area contributed by atoms with Gasteiger partial charge in [0.2, 0.25) is 0 Å². The molecule has 1 saturated heterocycles. The Labute approximate surface area is 124 Å². The van der Waals surface area contributed by atoms with Gasteiger partial charge < -0.3 is 4.90 Å². The summed E-state index contributed by atoms with van der Waals surface area (Å²) in [4.78, 5) is 17.4. The first-order valence-corrected chi connectivity index (χ1v) is 8.75. The number of carbonyl (C=O) groups excluding carboxylic acids is 1. The fourth-order valence-corrected chi connectivity index (χ4v) is 3.98. The average Bonchev–Trinajstić information content (AvgIpc) is 2.49. The Kier molecular flexibility index (Phi) is 6.50. The molecule has 0 amide bonds. The summed E-state index contributed by atoms with van der Waals surface area (Å²) in [5.41, 5.74) is 0. The number of likely N-dealkylation sites (tertiary alicyclic amines) is 1. The molecule has 2 unspecified atom stereocenters. The number of carbonyl (C=O) groups is 1. The normalized spacial score (nSPS) is 29.1. The Morgan fingerprint density at radius 1 is 1.10 bits per heavy atom. The molecule has 20 heavy (non-hydrogen) atoms. The van der Waals surface area contributed by atoms with E-state index in [1.165, 1.54) is 32.2 Å². The largest absolute Gasteiger partial charge is 0.303 e. The number of nitrogens with zero attached hydrogens (tertiary/aromatic N) is 2. The van der Waals surface area contributed by atoms with E-state index in [4.69, 9.17) is 0 Å². The van der Waals surface area contributed by atoms with Crippen LogP contribution < -0.4 is 0 Å². The average molecular weight is 280 g/mol. The maximum absolute atomic E-state index is 12.3. The molecule has 2 atom stereocenters. The van der Waals surface area contributed by atoms with Crippen molar-refractivity contribution < 1.29 is 4.79 Å². The van der Waals surface area contributed by atoms with Gasteiger partial charge in [-0.1, -0.05) is 26.7 Å². The zero-order valence-electron chi connectivity index (χ0n) is 13.4. The molecular formula is C17H32N2O. The Morgan fingerprint density at radius 3 is 2.55 bits per heavy atom. The standard InChI is InChI=1S/C17H32N2O/c1-3-18(4-2)13-14-19-12-8-7-10-16(19)15-9-5-6-11-17(15)20/h15-16H,3-14H2,1-2H3. The fraction of sp³-hybridized carbons (Fsp3) is 0.941. The van der Waals surface area contributed by atoms with Crippen LogP contribution in [0.1, 0.15) is 58.8 Å². The van der Waals surface area contributed by atoms with Crippen LogP contribution in [-0.4, -0.2) is 54.3 Å². The summed E-state index contributed by atoms with van der Waals surface area (Å²) in [6, 6.07) is 0.548. The second-order valence-corrected chi connectivity index (χ2v) is 6.44. The van der Waals surface area contributed by atoms with Crippen molar-refractivity contribution in [2.24, 2.45) is 5.92 Å². The van der Waals surface area contributed by atoms with Crippen molar-refractivity contribution in [3.8, 4) is 0 Å². The summed E-state index contributed by atoms with van der Waals surface area (Å²) in [6.45, 7) is 10.3. The van der Waals surface area contributed by atoms with Gasteiger partial charge in [-0.25, -0.2) is 0 Å². The zero-order chi connectivity index (χ0) is 14.4. The Hall–Kier alpha value is -0.410. The summed E-state index contributed by atoms with van der Waals surface area (Å²) in [7, 11) is 0. The van der Waals surface area contributed by atoms with Crippen LogP contribution in [0.3, 0.4) is 0 Å². The number of ketones is 1. The van der Waals surface area contributed by atoms with Crippen molar-refractivity contribution >= 4 is 5.78 Å². The molecule has 3 heteroatoms. The topological polar surface area (TPSA) is 23.6 Å². The predicted molar refractivity (Wildman–Crippen MR) is 84.0 cm³/mol. The first kappa shape index (κ1) is 16.0. The molecule has 1 aliphatic heterocycles. The summed E-state index contributed by atoms with van der Waals surface area (Å²) < 4.78 is 0. The third-order valence-corrected chi connectivity index (χ3v) is 5.33. The fourth-order valence-electron chi connectivity index (χ4n) is 3.98. The molecule has 116 valence electrons. The molecular weight excluding hydrogens is 248 g/mol. The van der Waals surface area contributed by atoms with E-state index in [1.54, 1.807) is 0 Å². The van der Waals surface area contributed by atoms with Gasteiger partial charge in [0.1, 0.15) is 5.78 Å². The summed E-state index contributed by atoms with van der Waals surface area (Å²) in [5, 5.41) is 0. The van der Waals surface area contributed by atoms with E-state index >= 15 is 0 Å². The van der Waals surface area contributed by atoms with Gasteiger partial charge in [-0.15, -0.1) is 0 Å². The molecule has 1 saturated carbocycles. The van der Waals surface area contributed by atoms with E-state index in [9.17, 15) is 4.79 Å². The number of piperidine rings is 1. The molecule has 0 spiro atoms. The van der Waals surface area contributed by atoms with Crippen LogP contribution in [0.2, 0.25) is 0 Å². The van der Waals surface area contributed by atoms with Gasteiger partial charge in [0, 0.05) is 31.5 Å². The van der Waals surface area contributed by atoms with E-state index < -0.39 is 0 Å². The summed E-state index contributed by atoms with van der Waals surface area (Å²) >= 11 is 0. The second kappa shape index (κ2) is 8.14. The quantitative estimate of drug-likeness (QED) is 0.747. The van der Waals surface area contributed by atoms with E-state index in [-0.39, 0.29) is 0 Å². The van der Waals surface area contributed by atoms with Crippen LogP contribution in [0.25, 0.3) is 0 Å². The maximum atomic E-state index is 12.3. The second-order valence-electron chi connectivity index (χ2n) is 6.44. The molecule has 3 nitrogen and oxygen atoms in total. The van der Waals surface area contributed by atoms with Crippen molar-refractivity contribution in [3.05, 3.63) is 0 Å². The first-order chi connectivity index (χ1) is 9.76. The molecule has 2 rings (SSSR count). The molecule has 0 aromatic rings. The van der Waals surface area contributed by atoms with E-state index in [2.05, 4.69) is 23.6 Å². The molecule has 0 aromatic carbocycles. The van der Waals surface area contributed by atoms with Gasteiger partial charge in [0.15, 0.2) is 0 Å². The van der Waals surface area contributed by atoms with Crippen LogP contribution in [-0.2, 0) is 4.79 Å². The van der Waals surface area contributed by atoms with Crippen molar-refractivity contribution in [2.45, 2.75) is 64.8 Å². The molecule has 0 bridgehead atoms. The highest BCUT2D eigenvalue weighted by Crippen LogP contribution is 2.31. The zero-order valence-corrected chi connectivity index (χ0v) is 13.4. The van der Waals surface area contributed by atoms with E-state index in [1.807, 2.05) is 0 Å². The lowest BCUT2D eigenvalue weighted by Crippen LogP contribution is -2.49. The number of Topliss-reactive ketones (excluding diaryl/α,β-unsaturated/α-hetero) is 1. The molecule has 1 aliphatic carbocycles. The smallest absolute Gasteiger partial charge is 0.137 e. The van der Waals surface area contributed by atoms with Gasteiger partial charge >= 0.3 is 0 Å². The van der Waals surface area contributed by atoms with Gasteiger partial charge in [0.05, 0.1) is 0 Å². The molecule has 0 aromatic heterocycles. The molecule has 2 aliphatic rings. The van der Waals surface area contributed by atoms with E-state index in [0.29, 0.717) is 17.7 Å². The minimum atomic E-state index is 0.348. The summed E-state index contributed by atoms with van der Waals surface area (Å²) in [5.74, 6) is 0.900. The monoisotopic (exact) mass is 280 g/mol. The lowest BCUT2D eigenvalue weighted by atomic mass is 9.79. The maximum Gasteiger partial charge on any atom is 0.137 e. The highest BCUT2D eigenvalue weighted by atomic mass is 16.1. The molecule has 0 N–H and O–H groups in total. The lowest BCUT2D eigenvalue weighted by Gasteiger charge is -2.41. The molecule has 1 heterocycles. The summed E-state index contributed by atoms with van der Waals surface area (Å²) in [6.07, 6.45) is 8.25. The number of hydrogen-bond acceptors (Lipinski definition) is 3. The van der Waals surface area contributed by atoms with Crippen LogP contribution >= 0.6 is 0 Å². The SMILES string of the molecule is CCN(CC)CCN1CCCCC1C1CCCCC1=O. The van der Waals surface area contributed by atoms with Crippen LogP contribution in [0.15, 0.2) is 0 Å². The highest BCUT2D eigenvalue weighted by molar-refractivity contribution is 5.82. The van der Waals surface area contributed by atoms with E-state index in [0.717, 1.165) is 45.4 Å². The minimum absolute atomic E-state index is 0.348. The van der Waals surface area contributed by atoms with Crippen molar-refractivity contribution in [1.82, 2.24) is 9.80 Å². The van der Waals surface area contributed by atoms with Gasteiger partial charge in [-0.3, -0.25) is 9.69 Å². The van der Waals surface area contributed by atoms with Crippen molar-refractivity contribution in [3.63, 3.8) is 0 Å². The predicted octanol–water partition coefficient (Wildman–Crippen LogP) is 2.94. The van der Waals surface area contributed by atoms with Crippen LogP contribution in [0.4, 0.5) is 0 Å². The Morgan fingerprint density at radius 2 is 1.85 bits per heavy atom. The number of rotatable bonds is 6. The first-order valence-electron chi connectivity index (χ1n) is 8.75. The highest BCUT2D eigenvalue weighted by Gasteiger charge is 2.35. The molecule has 0 radical (unpaired) electrons.